The number of anilines is 1. The standard InChI is InChI=1S/C24H29N3O2.2ClH/c1-25-15-19-16-27(17-21(19)23(25)18-7-3-2-4-8-18)24(28)20-9-5-6-10-22(20)26-11-13-29-14-12-26;;/h2-10,19,21,23H,11-17H2,1H3;2*1H/t19-,21+,23-;;/m0../s1. The summed E-state index contributed by atoms with van der Waals surface area (Å²) in [5.74, 6) is 1.22. The maximum atomic E-state index is 13.5. The van der Waals surface area contributed by atoms with Crippen molar-refractivity contribution in [3.8, 4) is 0 Å². The molecule has 3 atom stereocenters. The van der Waals surface area contributed by atoms with E-state index < -0.39 is 0 Å². The smallest absolute Gasteiger partial charge is 0.255 e. The van der Waals surface area contributed by atoms with Crippen molar-refractivity contribution in [2.75, 3.05) is 57.9 Å². The summed E-state index contributed by atoms with van der Waals surface area (Å²) in [7, 11) is 2.22. The Balaban J connectivity index is 0.00000136. The summed E-state index contributed by atoms with van der Waals surface area (Å²) in [6.45, 7) is 5.88. The fraction of sp³-hybridized carbons (Fsp3) is 0.458. The van der Waals surface area contributed by atoms with Crippen molar-refractivity contribution in [3.63, 3.8) is 0 Å². The van der Waals surface area contributed by atoms with Crippen molar-refractivity contribution in [2.24, 2.45) is 11.8 Å². The monoisotopic (exact) mass is 463 g/mol. The van der Waals surface area contributed by atoms with Gasteiger partial charge >= 0.3 is 0 Å². The second kappa shape index (κ2) is 10.2. The lowest BCUT2D eigenvalue weighted by Gasteiger charge is -2.31. The van der Waals surface area contributed by atoms with Gasteiger partial charge in [-0.3, -0.25) is 9.69 Å². The molecular weight excluding hydrogens is 433 g/mol. The third kappa shape index (κ3) is 4.56. The lowest BCUT2D eigenvalue weighted by atomic mass is 9.90. The molecule has 5 rings (SSSR count). The first kappa shape index (κ1) is 23.9. The molecule has 0 bridgehead atoms. The minimum absolute atomic E-state index is 0. The molecule has 7 heteroatoms. The first-order chi connectivity index (χ1) is 14.2. The van der Waals surface area contributed by atoms with Crippen molar-refractivity contribution in [1.82, 2.24) is 9.80 Å². The summed E-state index contributed by atoms with van der Waals surface area (Å²) in [6.07, 6.45) is 0. The van der Waals surface area contributed by atoms with Gasteiger partial charge in [-0.2, -0.15) is 0 Å². The maximum absolute atomic E-state index is 13.5. The highest BCUT2D eigenvalue weighted by Crippen LogP contribution is 2.44. The zero-order chi connectivity index (χ0) is 19.8. The Morgan fingerprint density at radius 3 is 2.32 bits per heavy atom. The second-order valence-corrected chi connectivity index (χ2v) is 8.55. The van der Waals surface area contributed by atoms with E-state index in [2.05, 4.69) is 58.1 Å². The van der Waals surface area contributed by atoms with E-state index in [4.69, 9.17) is 4.74 Å². The van der Waals surface area contributed by atoms with Gasteiger partial charge in [-0.1, -0.05) is 42.5 Å². The maximum Gasteiger partial charge on any atom is 0.255 e. The topological polar surface area (TPSA) is 36.0 Å². The van der Waals surface area contributed by atoms with Crippen LogP contribution in [0.25, 0.3) is 0 Å². The molecule has 3 fully saturated rings. The number of fused-ring (bicyclic) bond motifs is 1. The molecule has 0 N–H and O–H groups in total. The van der Waals surface area contributed by atoms with Crippen LogP contribution in [0.1, 0.15) is 22.0 Å². The van der Waals surface area contributed by atoms with Crippen LogP contribution >= 0.6 is 24.8 Å². The number of amides is 1. The van der Waals surface area contributed by atoms with Gasteiger partial charge in [0.15, 0.2) is 0 Å². The fourth-order valence-corrected chi connectivity index (χ4v) is 5.48. The Kier molecular flexibility index (Phi) is 7.87. The van der Waals surface area contributed by atoms with E-state index >= 15 is 0 Å². The van der Waals surface area contributed by atoms with Crippen molar-refractivity contribution in [3.05, 3.63) is 65.7 Å². The van der Waals surface area contributed by atoms with Crippen LogP contribution in [-0.4, -0.2) is 68.7 Å². The molecule has 3 heterocycles. The minimum Gasteiger partial charge on any atom is -0.378 e. The van der Waals surface area contributed by atoms with Gasteiger partial charge in [-0.15, -0.1) is 24.8 Å². The Labute approximate surface area is 197 Å². The average Bonchev–Trinajstić information content (AvgIpc) is 3.31. The van der Waals surface area contributed by atoms with E-state index in [0.717, 1.165) is 57.2 Å². The molecule has 31 heavy (non-hydrogen) atoms. The van der Waals surface area contributed by atoms with Crippen LogP contribution in [-0.2, 0) is 4.74 Å². The fourth-order valence-electron chi connectivity index (χ4n) is 5.48. The van der Waals surface area contributed by atoms with Crippen LogP contribution in [0.5, 0.6) is 0 Å². The predicted molar refractivity (Wildman–Crippen MR) is 129 cm³/mol. The third-order valence-electron chi connectivity index (χ3n) is 6.81. The number of carbonyl (C=O) groups excluding carboxylic acids is 1. The van der Waals surface area contributed by atoms with Crippen LogP contribution < -0.4 is 4.90 Å². The molecule has 5 nitrogen and oxygen atoms in total. The van der Waals surface area contributed by atoms with Crippen molar-refractivity contribution in [2.45, 2.75) is 6.04 Å². The SMILES string of the molecule is CN1C[C@H]2CN(C(=O)c3ccccc3N3CCOCC3)C[C@H]2[C@@H]1c1ccccc1.Cl.Cl. The Bertz CT molecular complexity index is 876. The first-order valence-electron chi connectivity index (χ1n) is 10.7. The van der Waals surface area contributed by atoms with Crippen molar-refractivity contribution >= 4 is 36.4 Å². The molecule has 0 aliphatic carbocycles. The quantitative estimate of drug-likeness (QED) is 0.694. The molecule has 3 saturated heterocycles. The van der Waals surface area contributed by atoms with Crippen LogP contribution in [0.4, 0.5) is 5.69 Å². The highest BCUT2D eigenvalue weighted by Gasteiger charge is 2.47. The highest BCUT2D eigenvalue weighted by atomic mass is 35.5. The van der Waals surface area contributed by atoms with Gasteiger partial charge in [0.1, 0.15) is 0 Å². The van der Waals surface area contributed by atoms with E-state index in [-0.39, 0.29) is 30.7 Å². The number of likely N-dealkylation sites (tertiary alicyclic amines) is 2. The Morgan fingerprint density at radius 1 is 0.903 bits per heavy atom. The molecule has 0 spiro atoms. The number of benzene rings is 2. The van der Waals surface area contributed by atoms with Gasteiger partial charge in [0.05, 0.1) is 18.8 Å². The van der Waals surface area contributed by atoms with Gasteiger partial charge in [0, 0.05) is 50.4 Å². The van der Waals surface area contributed by atoms with Gasteiger partial charge < -0.3 is 14.5 Å². The molecule has 3 aliphatic heterocycles. The van der Waals surface area contributed by atoms with Crippen LogP contribution in [0.3, 0.4) is 0 Å². The summed E-state index contributed by atoms with van der Waals surface area (Å²) in [5.41, 5.74) is 3.25. The molecular formula is C24H31Cl2N3O2. The molecule has 3 aliphatic rings. The number of para-hydroxylation sites is 1. The van der Waals surface area contributed by atoms with E-state index in [1.165, 1.54) is 5.56 Å². The number of hydrogen-bond acceptors (Lipinski definition) is 4. The van der Waals surface area contributed by atoms with Gasteiger partial charge in [0.2, 0.25) is 0 Å². The number of hydrogen-bond donors (Lipinski definition) is 0. The minimum atomic E-state index is 0. The largest absolute Gasteiger partial charge is 0.378 e. The van der Waals surface area contributed by atoms with E-state index in [0.29, 0.717) is 17.9 Å². The highest BCUT2D eigenvalue weighted by molar-refractivity contribution is 6.00. The van der Waals surface area contributed by atoms with Gasteiger partial charge in [0.25, 0.3) is 5.91 Å². The lowest BCUT2D eigenvalue weighted by Crippen LogP contribution is -2.39. The molecule has 0 radical (unpaired) electrons. The van der Waals surface area contributed by atoms with E-state index in [1.807, 2.05) is 18.2 Å². The van der Waals surface area contributed by atoms with Crippen LogP contribution in [0.2, 0.25) is 0 Å². The number of rotatable bonds is 3. The van der Waals surface area contributed by atoms with Crippen molar-refractivity contribution < 1.29 is 9.53 Å². The molecule has 2 aromatic carbocycles. The Morgan fingerprint density at radius 2 is 1.58 bits per heavy atom. The number of nitrogens with zero attached hydrogens (tertiary/aromatic N) is 3. The summed E-state index contributed by atoms with van der Waals surface area (Å²) in [6, 6.07) is 19.2. The first-order valence-corrected chi connectivity index (χ1v) is 10.7. The Hall–Kier alpha value is -1.79. The van der Waals surface area contributed by atoms with Gasteiger partial charge in [-0.25, -0.2) is 0 Å². The summed E-state index contributed by atoms with van der Waals surface area (Å²) < 4.78 is 5.49. The average molecular weight is 464 g/mol. The van der Waals surface area contributed by atoms with Gasteiger partial charge in [-0.05, 0) is 30.7 Å². The third-order valence-corrected chi connectivity index (χ3v) is 6.81. The number of morpholine rings is 1. The van der Waals surface area contributed by atoms with E-state index in [9.17, 15) is 4.79 Å². The lowest BCUT2D eigenvalue weighted by molar-refractivity contribution is 0.0767. The zero-order valence-electron chi connectivity index (χ0n) is 17.9. The molecule has 0 aromatic heterocycles. The molecule has 1 amide bonds. The predicted octanol–water partition coefficient (Wildman–Crippen LogP) is 3.74. The normalized spacial score (nSPS) is 25.5. The second-order valence-electron chi connectivity index (χ2n) is 8.55. The molecule has 0 saturated carbocycles. The summed E-state index contributed by atoms with van der Waals surface area (Å²) in [5, 5.41) is 0. The number of halogens is 2. The molecule has 2 aromatic rings. The zero-order valence-corrected chi connectivity index (χ0v) is 19.5. The van der Waals surface area contributed by atoms with Crippen LogP contribution in [0.15, 0.2) is 54.6 Å². The number of ether oxygens (including phenoxy) is 1. The van der Waals surface area contributed by atoms with Crippen LogP contribution in [0, 0.1) is 11.8 Å². The van der Waals surface area contributed by atoms with E-state index in [1.54, 1.807) is 0 Å². The molecule has 0 unspecified atom stereocenters. The van der Waals surface area contributed by atoms with Crippen molar-refractivity contribution in [1.29, 1.82) is 0 Å². The molecule has 168 valence electrons. The summed E-state index contributed by atoms with van der Waals surface area (Å²) in [4.78, 5) is 20.4. The number of carbonyl (C=O) groups is 1. The summed E-state index contributed by atoms with van der Waals surface area (Å²) >= 11 is 0.